The maximum atomic E-state index is 12.0. The van der Waals surface area contributed by atoms with E-state index in [4.69, 9.17) is 4.74 Å². The Morgan fingerprint density at radius 3 is 2.63 bits per heavy atom. The first-order chi connectivity index (χ1) is 9.15. The molecule has 0 spiro atoms. The topological polar surface area (TPSA) is 44.8 Å². The van der Waals surface area contributed by atoms with E-state index >= 15 is 0 Å². The van der Waals surface area contributed by atoms with Crippen LogP contribution in [0.25, 0.3) is 0 Å². The summed E-state index contributed by atoms with van der Waals surface area (Å²) >= 11 is 0. The SMILES string of the molecule is CC(C)CN1CCN(C(=O)NCC2CCCO2)CC1. The highest BCUT2D eigenvalue weighted by Gasteiger charge is 2.22. The lowest BCUT2D eigenvalue weighted by Crippen LogP contribution is -2.53. The molecule has 0 aromatic carbocycles. The van der Waals surface area contributed by atoms with Crippen molar-refractivity contribution in [2.75, 3.05) is 45.9 Å². The first-order valence-electron chi connectivity index (χ1n) is 7.52. The summed E-state index contributed by atoms with van der Waals surface area (Å²) in [6, 6.07) is 0.0692. The molecular weight excluding hydrogens is 242 g/mol. The molecule has 0 aromatic rings. The van der Waals surface area contributed by atoms with Gasteiger partial charge in [-0.3, -0.25) is 4.90 Å². The van der Waals surface area contributed by atoms with Crippen molar-refractivity contribution in [3.8, 4) is 0 Å². The maximum absolute atomic E-state index is 12.0. The predicted molar refractivity (Wildman–Crippen MR) is 75.2 cm³/mol. The van der Waals surface area contributed by atoms with E-state index in [0.717, 1.165) is 52.2 Å². The molecule has 2 aliphatic heterocycles. The van der Waals surface area contributed by atoms with Crippen LogP contribution in [0.5, 0.6) is 0 Å². The third kappa shape index (κ3) is 4.66. The van der Waals surface area contributed by atoms with E-state index in [0.29, 0.717) is 12.5 Å². The molecule has 5 nitrogen and oxygen atoms in total. The third-order valence-electron chi connectivity index (χ3n) is 3.79. The van der Waals surface area contributed by atoms with Gasteiger partial charge < -0.3 is 15.0 Å². The molecular formula is C14H27N3O2. The summed E-state index contributed by atoms with van der Waals surface area (Å²) in [6.45, 7) is 10.8. The van der Waals surface area contributed by atoms with E-state index in [1.54, 1.807) is 0 Å². The summed E-state index contributed by atoms with van der Waals surface area (Å²) in [7, 11) is 0. The second-order valence-electron chi connectivity index (χ2n) is 6.00. The number of nitrogens with one attached hydrogen (secondary N) is 1. The average molecular weight is 269 g/mol. The molecule has 1 unspecified atom stereocenters. The fourth-order valence-corrected chi connectivity index (χ4v) is 2.77. The zero-order chi connectivity index (χ0) is 13.7. The van der Waals surface area contributed by atoms with Crippen LogP contribution in [0.15, 0.2) is 0 Å². The van der Waals surface area contributed by atoms with Crippen molar-refractivity contribution in [1.29, 1.82) is 0 Å². The molecule has 110 valence electrons. The lowest BCUT2D eigenvalue weighted by Gasteiger charge is -2.35. The number of hydrogen-bond donors (Lipinski definition) is 1. The number of hydrogen-bond acceptors (Lipinski definition) is 3. The second-order valence-corrected chi connectivity index (χ2v) is 6.00. The quantitative estimate of drug-likeness (QED) is 0.832. The molecule has 2 aliphatic rings. The lowest BCUT2D eigenvalue weighted by molar-refractivity contribution is 0.103. The highest BCUT2D eigenvalue weighted by molar-refractivity contribution is 5.74. The third-order valence-corrected chi connectivity index (χ3v) is 3.79. The van der Waals surface area contributed by atoms with Crippen LogP contribution in [0.2, 0.25) is 0 Å². The normalized spacial score (nSPS) is 25.0. The van der Waals surface area contributed by atoms with Gasteiger partial charge in [0.25, 0.3) is 0 Å². The van der Waals surface area contributed by atoms with E-state index < -0.39 is 0 Å². The van der Waals surface area contributed by atoms with Gasteiger partial charge in [0.05, 0.1) is 6.10 Å². The van der Waals surface area contributed by atoms with Crippen molar-refractivity contribution in [1.82, 2.24) is 15.1 Å². The van der Waals surface area contributed by atoms with Gasteiger partial charge in [-0.25, -0.2) is 4.79 Å². The van der Waals surface area contributed by atoms with Gasteiger partial charge in [0.2, 0.25) is 0 Å². The van der Waals surface area contributed by atoms with Crippen LogP contribution in [0.3, 0.4) is 0 Å². The maximum Gasteiger partial charge on any atom is 0.317 e. The standard InChI is InChI=1S/C14H27N3O2/c1-12(2)11-16-5-7-17(8-6-16)14(18)15-10-13-4-3-9-19-13/h12-13H,3-11H2,1-2H3,(H,15,18). The van der Waals surface area contributed by atoms with E-state index in [1.165, 1.54) is 0 Å². The van der Waals surface area contributed by atoms with Gasteiger partial charge in [0.15, 0.2) is 0 Å². The van der Waals surface area contributed by atoms with Gasteiger partial charge in [-0.05, 0) is 18.8 Å². The summed E-state index contributed by atoms with van der Waals surface area (Å²) in [5.74, 6) is 0.694. The van der Waals surface area contributed by atoms with E-state index in [9.17, 15) is 4.79 Å². The molecule has 0 saturated carbocycles. The van der Waals surface area contributed by atoms with Crippen molar-refractivity contribution >= 4 is 6.03 Å². The summed E-state index contributed by atoms with van der Waals surface area (Å²) in [5.41, 5.74) is 0. The predicted octanol–water partition coefficient (Wildman–Crippen LogP) is 1.15. The Morgan fingerprint density at radius 2 is 2.05 bits per heavy atom. The summed E-state index contributed by atoms with van der Waals surface area (Å²) in [6.07, 6.45) is 2.42. The lowest BCUT2D eigenvalue weighted by atomic mass is 10.2. The monoisotopic (exact) mass is 269 g/mol. The van der Waals surface area contributed by atoms with Gasteiger partial charge in [0, 0.05) is 45.9 Å². The van der Waals surface area contributed by atoms with Gasteiger partial charge in [0.1, 0.15) is 0 Å². The molecule has 2 amide bonds. The molecule has 2 saturated heterocycles. The van der Waals surface area contributed by atoms with Crippen molar-refractivity contribution in [2.45, 2.75) is 32.8 Å². The number of carbonyl (C=O) groups excluding carboxylic acids is 1. The minimum Gasteiger partial charge on any atom is -0.376 e. The summed E-state index contributed by atoms with van der Waals surface area (Å²) in [5, 5.41) is 2.99. The zero-order valence-corrected chi connectivity index (χ0v) is 12.2. The van der Waals surface area contributed by atoms with Crippen LogP contribution in [0.4, 0.5) is 4.79 Å². The largest absolute Gasteiger partial charge is 0.376 e. The van der Waals surface area contributed by atoms with E-state index in [2.05, 4.69) is 24.1 Å². The number of urea groups is 1. The van der Waals surface area contributed by atoms with E-state index in [1.807, 2.05) is 4.90 Å². The summed E-state index contributed by atoms with van der Waals surface area (Å²) < 4.78 is 5.51. The Kier molecular flexibility index (Phi) is 5.45. The van der Waals surface area contributed by atoms with Crippen LogP contribution in [0.1, 0.15) is 26.7 Å². The molecule has 0 aromatic heterocycles. The van der Waals surface area contributed by atoms with E-state index in [-0.39, 0.29) is 12.1 Å². The van der Waals surface area contributed by atoms with Gasteiger partial charge in [-0.1, -0.05) is 13.8 Å². The fraction of sp³-hybridized carbons (Fsp3) is 0.929. The molecule has 1 N–H and O–H groups in total. The van der Waals surface area contributed by atoms with Gasteiger partial charge in [-0.15, -0.1) is 0 Å². The zero-order valence-electron chi connectivity index (χ0n) is 12.2. The highest BCUT2D eigenvalue weighted by Crippen LogP contribution is 2.11. The van der Waals surface area contributed by atoms with Crippen molar-refractivity contribution in [3.05, 3.63) is 0 Å². The number of piperazine rings is 1. The number of rotatable bonds is 4. The number of carbonyl (C=O) groups is 1. The van der Waals surface area contributed by atoms with Crippen LogP contribution < -0.4 is 5.32 Å². The minimum absolute atomic E-state index is 0.0692. The fourth-order valence-electron chi connectivity index (χ4n) is 2.77. The molecule has 0 bridgehead atoms. The first-order valence-corrected chi connectivity index (χ1v) is 7.52. The van der Waals surface area contributed by atoms with Gasteiger partial charge in [-0.2, -0.15) is 0 Å². The molecule has 2 rings (SSSR count). The van der Waals surface area contributed by atoms with Crippen LogP contribution in [0, 0.1) is 5.92 Å². The molecule has 2 heterocycles. The molecule has 5 heteroatoms. The van der Waals surface area contributed by atoms with Crippen molar-refractivity contribution < 1.29 is 9.53 Å². The Labute approximate surface area is 116 Å². The molecule has 2 fully saturated rings. The molecule has 19 heavy (non-hydrogen) atoms. The van der Waals surface area contributed by atoms with Crippen LogP contribution >= 0.6 is 0 Å². The average Bonchev–Trinajstić information content (AvgIpc) is 2.89. The van der Waals surface area contributed by atoms with Crippen molar-refractivity contribution in [3.63, 3.8) is 0 Å². The number of nitrogens with zero attached hydrogens (tertiary/aromatic N) is 2. The second kappa shape index (κ2) is 7.10. The smallest absolute Gasteiger partial charge is 0.317 e. The number of ether oxygens (including phenoxy) is 1. The minimum atomic E-state index is 0.0692. The van der Waals surface area contributed by atoms with Crippen LogP contribution in [-0.2, 0) is 4.74 Å². The summed E-state index contributed by atoms with van der Waals surface area (Å²) in [4.78, 5) is 16.4. The molecule has 1 atom stereocenters. The Balaban J connectivity index is 1.64. The van der Waals surface area contributed by atoms with Gasteiger partial charge >= 0.3 is 6.03 Å². The number of amides is 2. The van der Waals surface area contributed by atoms with Crippen molar-refractivity contribution in [2.24, 2.45) is 5.92 Å². The Morgan fingerprint density at radius 1 is 1.32 bits per heavy atom. The highest BCUT2D eigenvalue weighted by atomic mass is 16.5. The molecule has 0 radical (unpaired) electrons. The Hall–Kier alpha value is -0.810. The first kappa shape index (κ1) is 14.6. The Bertz CT molecular complexity index is 282. The van der Waals surface area contributed by atoms with Crippen LogP contribution in [-0.4, -0.2) is 67.8 Å². The molecule has 0 aliphatic carbocycles.